The number of carbonyl (C=O) groups is 1. The van der Waals surface area contributed by atoms with Crippen LogP contribution in [0.3, 0.4) is 0 Å². The van der Waals surface area contributed by atoms with Crippen molar-refractivity contribution < 1.29 is 19.4 Å². The van der Waals surface area contributed by atoms with Crippen LogP contribution in [0.4, 0.5) is 0 Å². The van der Waals surface area contributed by atoms with E-state index in [0.717, 1.165) is 16.7 Å². The van der Waals surface area contributed by atoms with Crippen molar-refractivity contribution in [1.29, 1.82) is 0 Å². The molecule has 0 aliphatic carbocycles. The van der Waals surface area contributed by atoms with Gasteiger partial charge in [-0.2, -0.15) is 0 Å². The highest BCUT2D eigenvalue weighted by Crippen LogP contribution is 2.36. The van der Waals surface area contributed by atoms with Gasteiger partial charge in [-0.05, 0) is 18.2 Å². The molecule has 0 spiro atoms. The van der Waals surface area contributed by atoms with E-state index in [9.17, 15) is 4.79 Å². The molecule has 1 aliphatic rings. The third-order valence-corrected chi connectivity index (χ3v) is 2.83. The van der Waals surface area contributed by atoms with Crippen LogP contribution in [0.25, 0.3) is 0 Å². The van der Waals surface area contributed by atoms with E-state index in [2.05, 4.69) is 0 Å². The van der Waals surface area contributed by atoms with E-state index in [-0.39, 0.29) is 6.79 Å². The van der Waals surface area contributed by atoms with Gasteiger partial charge in [0.1, 0.15) is 0 Å². The molecule has 0 amide bonds. The van der Waals surface area contributed by atoms with Gasteiger partial charge >= 0.3 is 5.97 Å². The van der Waals surface area contributed by atoms with Gasteiger partial charge in [0.05, 0.1) is 0 Å². The van der Waals surface area contributed by atoms with Gasteiger partial charge < -0.3 is 20.3 Å². The number of benzene rings is 1. The van der Waals surface area contributed by atoms with Crippen LogP contribution in [-0.4, -0.2) is 23.2 Å². The second-order valence-electron chi connectivity index (χ2n) is 2.89. The summed E-state index contributed by atoms with van der Waals surface area (Å²) in [6, 6.07) is 5.20. The number of hydrogen-bond donors (Lipinski definition) is 2. The SMILES string of the molecule is NC(Sc1ccc2c(c1)OCO2)C(=O)O. The van der Waals surface area contributed by atoms with E-state index in [4.69, 9.17) is 20.3 Å². The minimum atomic E-state index is -1.04. The van der Waals surface area contributed by atoms with Crippen LogP contribution in [0.1, 0.15) is 0 Å². The summed E-state index contributed by atoms with van der Waals surface area (Å²) in [5, 5.41) is 7.67. The maximum atomic E-state index is 10.5. The number of carboxylic acids is 1. The van der Waals surface area contributed by atoms with Gasteiger partial charge in [0.25, 0.3) is 0 Å². The topological polar surface area (TPSA) is 81.8 Å². The molecule has 0 saturated carbocycles. The van der Waals surface area contributed by atoms with Crippen molar-refractivity contribution in [3.63, 3.8) is 0 Å². The predicted molar refractivity (Wildman–Crippen MR) is 54.0 cm³/mol. The summed E-state index contributed by atoms with van der Waals surface area (Å²) in [7, 11) is 0. The van der Waals surface area contributed by atoms with Crippen LogP contribution in [0, 0.1) is 0 Å². The first-order valence-electron chi connectivity index (χ1n) is 4.21. The number of thioether (sulfide) groups is 1. The summed E-state index contributed by atoms with van der Waals surface area (Å²) in [6.07, 6.45) is 0. The summed E-state index contributed by atoms with van der Waals surface area (Å²) in [4.78, 5) is 11.3. The van der Waals surface area contributed by atoms with Crippen LogP contribution >= 0.6 is 11.8 Å². The van der Waals surface area contributed by atoms with Gasteiger partial charge in [-0.25, -0.2) is 4.79 Å². The Labute approximate surface area is 90.2 Å². The summed E-state index contributed by atoms with van der Waals surface area (Å²) in [6.45, 7) is 0.203. The Bertz CT molecular complexity index is 396. The second-order valence-corrected chi connectivity index (χ2v) is 4.11. The van der Waals surface area contributed by atoms with Crippen molar-refractivity contribution in [2.75, 3.05) is 6.79 Å². The van der Waals surface area contributed by atoms with Gasteiger partial charge in [0, 0.05) is 4.90 Å². The summed E-state index contributed by atoms with van der Waals surface area (Å²) in [5.74, 6) is 0.249. The smallest absolute Gasteiger partial charge is 0.331 e. The molecule has 1 heterocycles. The lowest BCUT2D eigenvalue weighted by Gasteiger charge is -2.06. The third-order valence-electron chi connectivity index (χ3n) is 1.85. The van der Waals surface area contributed by atoms with Gasteiger partial charge in [0.2, 0.25) is 6.79 Å². The van der Waals surface area contributed by atoms with E-state index in [1.54, 1.807) is 18.2 Å². The molecule has 3 N–H and O–H groups in total. The number of carboxylic acid groups (broad SMARTS) is 1. The molecule has 0 bridgehead atoms. The molecule has 1 atom stereocenters. The number of ether oxygens (including phenoxy) is 2. The van der Waals surface area contributed by atoms with Crippen LogP contribution in [0.5, 0.6) is 11.5 Å². The standard InChI is InChI=1S/C9H9NO4S/c10-8(9(11)12)15-5-1-2-6-7(3-5)14-4-13-6/h1-3,8H,4,10H2,(H,11,12). The predicted octanol–water partition coefficient (Wildman–Crippen LogP) is 0.877. The molecular weight excluding hydrogens is 218 g/mol. The quantitative estimate of drug-likeness (QED) is 0.589. The van der Waals surface area contributed by atoms with Crippen LogP contribution in [0.2, 0.25) is 0 Å². The minimum absolute atomic E-state index is 0.203. The molecule has 80 valence electrons. The van der Waals surface area contributed by atoms with Crippen molar-refractivity contribution in [2.45, 2.75) is 10.3 Å². The number of aliphatic carboxylic acids is 1. The third kappa shape index (κ3) is 2.16. The lowest BCUT2D eigenvalue weighted by Crippen LogP contribution is -2.25. The second kappa shape index (κ2) is 4.00. The van der Waals surface area contributed by atoms with Gasteiger partial charge in [-0.3, -0.25) is 0 Å². The number of rotatable bonds is 3. The first kappa shape index (κ1) is 10.1. The maximum Gasteiger partial charge on any atom is 0.331 e. The molecule has 2 rings (SSSR count). The first-order valence-corrected chi connectivity index (χ1v) is 5.09. The molecule has 1 aromatic rings. The van der Waals surface area contributed by atoms with Gasteiger partial charge in [-0.15, -0.1) is 0 Å². The summed E-state index contributed by atoms with van der Waals surface area (Å²) >= 11 is 1.06. The van der Waals surface area contributed by atoms with Gasteiger partial charge in [-0.1, -0.05) is 11.8 Å². The van der Waals surface area contributed by atoms with Crippen molar-refractivity contribution in [3.05, 3.63) is 18.2 Å². The highest BCUT2D eigenvalue weighted by molar-refractivity contribution is 8.00. The van der Waals surface area contributed by atoms with E-state index < -0.39 is 11.3 Å². The largest absolute Gasteiger partial charge is 0.479 e. The van der Waals surface area contributed by atoms with Crippen molar-refractivity contribution in [2.24, 2.45) is 5.73 Å². The molecular formula is C9H9NO4S. The Morgan fingerprint density at radius 1 is 1.47 bits per heavy atom. The van der Waals surface area contributed by atoms with Crippen molar-refractivity contribution >= 4 is 17.7 Å². The van der Waals surface area contributed by atoms with E-state index in [0.29, 0.717) is 11.5 Å². The van der Waals surface area contributed by atoms with Crippen molar-refractivity contribution in [1.82, 2.24) is 0 Å². The highest BCUT2D eigenvalue weighted by Gasteiger charge is 2.17. The lowest BCUT2D eigenvalue weighted by atomic mass is 10.3. The molecule has 0 aromatic heterocycles. The van der Waals surface area contributed by atoms with Crippen LogP contribution in [-0.2, 0) is 4.79 Å². The lowest BCUT2D eigenvalue weighted by molar-refractivity contribution is -0.136. The van der Waals surface area contributed by atoms with Crippen LogP contribution in [0.15, 0.2) is 23.1 Å². The number of nitrogens with two attached hydrogens (primary N) is 1. The molecule has 6 heteroatoms. The number of hydrogen-bond acceptors (Lipinski definition) is 5. The molecule has 0 saturated heterocycles. The summed E-state index contributed by atoms with van der Waals surface area (Å²) in [5.41, 5.74) is 5.39. The molecule has 5 nitrogen and oxygen atoms in total. The maximum absolute atomic E-state index is 10.5. The molecule has 1 unspecified atom stereocenters. The monoisotopic (exact) mass is 227 g/mol. The number of fused-ring (bicyclic) bond motifs is 1. The van der Waals surface area contributed by atoms with Crippen LogP contribution < -0.4 is 15.2 Å². The average molecular weight is 227 g/mol. The minimum Gasteiger partial charge on any atom is -0.479 e. The fourth-order valence-electron chi connectivity index (χ4n) is 1.15. The molecule has 0 fully saturated rings. The fourth-order valence-corrected chi connectivity index (χ4v) is 1.86. The Hall–Kier alpha value is -1.40. The average Bonchev–Trinajstić information content (AvgIpc) is 2.64. The van der Waals surface area contributed by atoms with E-state index in [1.165, 1.54) is 0 Å². The Morgan fingerprint density at radius 3 is 2.93 bits per heavy atom. The van der Waals surface area contributed by atoms with Crippen molar-refractivity contribution in [3.8, 4) is 11.5 Å². The highest BCUT2D eigenvalue weighted by atomic mass is 32.2. The molecule has 15 heavy (non-hydrogen) atoms. The van der Waals surface area contributed by atoms with E-state index in [1.807, 2.05) is 0 Å². The van der Waals surface area contributed by atoms with E-state index >= 15 is 0 Å². The van der Waals surface area contributed by atoms with Gasteiger partial charge in [0.15, 0.2) is 16.9 Å². The molecule has 1 aliphatic heterocycles. The Morgan fingerprint density at radius 2 is 2.20 bits per heavy atom. The fraction of sp³-hybridized carbons (Fsp3) is 0.222. The zero-order valence-corrected chi connectivity index (χ0v) is 8.49. The first-order chi connectivity index (χ1) is 7.16. The zero-order chi connectivity index (χ0) is 10.8. The normalized spacial score (nSPS) is 15.0. The molecule has 0 radical (unpaired) electrons. The Kier molecular flexibility index (Phi) is 2.70. The Balaban J connectivity index is 2.13. The molecule has 1 aromatic carbocycles. The zero-order valence-electron chi connectivity index (χ0n) is 7.67. The summed E-state index contributed by atoms with van der Waals surface area (Å²) < 4.78 is 10.3.